The summed E-state index contributed by atoms with van der Waals surface area (Å²) in [5.74, 6) is -0.274. The lowest BCUT2D eigenvalue weighted by molar-refractivity contribution is 0.325. The minimum atomic E-state index is -0.274. The average Bonchev–Trinajstić information content (AvgIpc) is 2.02. The number of likely N-dealkylation sites (N-methyl/N-ethyl adjacent to an activating group) is 1. The third-order valence-corrected chi connectivity index (χ3v) is 1.40. The van der Waals surface area contributed by atoms with Crippen molar-refractivity contribution in [3.63, 3.8) is 0 Å². The number of hydrazine groups is 1. The molecule has 0 heterocycles. The van der Waals surface area contributed by atoms with Crippen molar-refractivity contribution in [1.29, 1.82) is 0 Å². The van der Waals surface area contributed by atoms with Gasteiger partial charge in [0.1, 0.15) is 5.83 Å². The second-order valence-electron chi connectivity index (χ2n) is 2.19. The molecule has 0 aromatic carbocycles. The summed E-state index contributed by atoms with van der Waals surface area (Å²) in [6.45, 7) is 5.45. The highest BCUT2D eigenvalue weighted by Crippen LogP contribution is 2.11. The largest absolute Gasteiger partial charge is 0.309 e. The van der Waals surface area contributed by atoms with E-state index in [2.05, 4.69) is 12.0 Å². The topological polar surface area (TPSA) is 15.3 Å². The number of allylic oxidation sites excluding steroid dienone is 2. The zero-order chi connectivity index (χ0) is 8.85. The second-order valence-corrected chi connectivity index (χ2v) is 2.19. The van der Waals surface area contributed by atoms with Gasteiger partial charge in [-0.3, -0.25) is 0 Å². The summed E-state index contributed by atoms with van der Waals surface area (Å²) in [5, 5.41) is 1.53. The summed E-state index contributed by atoms with van der Waals surface area (Å²) in [7, 11) is 3.43. The number of hydrogen-bond donors (Lipinski definition) is 1. The smallest absolute Gasteiger partial charge is 0.143 e. The maximum atomic E-state index is 12.9. The molecule has 0 aliphatic carbocycles. The Morgan fingerprint density at radius 2 is 2.27 bits per heavy atom. The molecule has 2 nitrogen and oxygen atoms in total. The molecule has 0 fully saturated rings. The Labute approximate surface area is 67.4 Å². The van der Waals surface area contributed by atoms with Gasteiger partial charge in [-0.25, -0.2) is 9.82 Å². The van der Waals surface area contributed by atoms with Gasteiger partial charge in [-0.1, -0.05) is 13.5 Å². The Hall–Kier alpha value is -0.830. The first-order valence-corrected chi connectivity index (χ1v) is 3.59. The van der Waals surface area contributed by atoms with E-state index < -0.39 is 0 Å². The molecule has 0 radical (unpaired) electrons. The van der Waals surface area contributed by atoms with Gasteiger partial charge in [0, 0.05) is 14.1 Å². The van der Waals surface area contributed by atoms with Crippen LogP contribution in [0.4, 0.5) is 4.39 Å². The predicted octanol–water partition coefficient (Wildman–Crippen LogP) is 1.83. The maximum Gasteiger partial charge on any atom is 0.143 e. The monoisotopic (exact) mass is 158 g/mol. The van der Waals surface area contributed by atoms with Gasteiger partial charge >= 0.3 is 0 Å². The molecule has 1 N–H and O–H groups in total. The van der Waals surface area contributed by atoms with Crippen LogP contribution in [0.1, 0.15) is 13.3 Å². The lowest BCUT2D eigenvalue weighted by atomic mass is 10.3. The van der Waals surface area contributed by atoms with Crippen LogP contribution in [0.2, 0.25) is 0 Å². The highest BCUT2D eigenvalue weighted by Gasteiger charge is 2.03. The van der Waals surface area contributed by atoms with Crippen LogP contribution in [0.5, 0.6) is 0 Å². The highest BCUT2D eigenvalue weighted by molar-refractivity contribution is 5.19. The molecule has 64 valence electrons. The molecule has 0 bridgehead atoms. The first-order chi connectivity index (χ1) is 5.13. The van der Waals surface area contributed by atoms with E-state index in [1.165, 1.54) is 11.1 Å². The zero-order valence-electron chi connectivity index (χ0n) is 7.32. The Morgan fingerprint density at radius 1 is 1.73 bits per heavy atom. The molecule has 0 aromatic heterocycles. The number of rotatable bonds is 4. The normalized spacial score (nSPS) is 11.5. The maximum absolute atomic E-state index is 12.9. The minimum Gasteiger partial charge on any atom is -0.309 e. The summed E-state index contributed by atoms with van der Waals surface area (Å²) in [6, 6.07) is 0. The van der Waals surface area contributed by atoms with Crippen LogP contribution in [0.3, 0.4) is 0 Å². The summed E-state index contributed by atoms with van der Waals surface area (Å²) in [5.41, 5.74) is 3.11. The molecule has 3 heteroatoms. The lowest BCUT2D eigenvalue weighted by Gasteiger charge is -2.18. The van der Waals surface area contributed by atoms with E-state index in [0.29, 0.717) is 12.1 Å². The van der Waals surface area contributed by atoms with Crippen molar-refractivity contribution < 1.29 is 4.39 Å². The summed E-state index contributed by atoms with van der Waals surface area (Å²) < 4.78 is 12.9. The van der Waals surface area contributed by atoms with Gasteiger partial charge in [-0.05, 0) is 12.5 Å². The van der Waals surface area contributed by atoms with Crippen molar-refractivity contribution in [2.45, 2.75) is 13.3 Å². The van der Waals surface area contributed by atoms with E-state index in [9.17, 15) is 4.39 Å². The first-order valence-electron chi connectivity index (χ1n) is 3.59. The first kappa shape index (κ1) is 10.2. The van der Waals surface area contributed by atoms with Crippen LogP contribution in [0, 0.1) is 0 Å². The fourth-order valence-electron chi connectivity index (χ4n) is 0.592. The van der Waals surface area contributed by atoms with Gasteiger partial charge in [-0.2, -0.15) is 0 Å². The molecule has 11 heavy (non-hydrogen) atoms. The van der Waals surface area contributed by atoms with E-state index in [0.717, 1.165) is 0 Å². The van der Waals surface area contributed by atoms with Gasteiger partial charge < -0.3 is 5.01 Å². The molecule has 0 aromatic rings. The standard InChI is InChI=1S/C8H15FN2/c1-5-6-8(9)7(2)11(4)10-3/h6,10H,2,5H2,1,3-4H3/b8-6+. The Bertz CT molecular complexity index is 163. The zero-order valence-corrected chi connectivity index (χ0v) is 7.32. The van der Waals surface area contributed by atoms with E-state index >= 15 is 0 Å². The molecular formula is C8H15FN2. The van der Waals surface area contributed by atoms with Gasteiger partial charge in [0.2, 0.25) is 0 Å². The third kappa shape index (κ3) is 3.18. The minimum absolute atomic E-state index is 0.274. The second kappa shape index (κ2) is 4.91. The quantitative estimate of drug-likeness (QED) is 0.496. The average molecular weight is 158 g/mol. The molecule has 0 unspecified atom stereocenters. The van der Waals surface area contributed by atoms with Gasteiger partial charge in [0.25, 0.3) is 0 Å². The van der Waals surface area contributed by atoms with Crippen LogP contribution >= 0.6 is 0 Å². The molecule has 0 spiro atoms. The van der Waals surface area contributed by atoms with Crippen LogP contribution in [0.15, 0.2) is 24.2 Å². The van der Waals surface area contributed by atoms with Crippen molar-refractivity contribution in [1.82, 2.24) is 10.4 Å². The molecule has 0 aliphatic rings. The molecular weight excluding hydrogens is 143 g/mol. The Kier molecular flexibility index (Phi) is 4.54. The van der Waals surface area contributed by atoms with Gasteiger partial charge in [0.05, 0.1) is 5.70 Å². The lowest BCUT2D eigenvalue weighted by Crippen LogP contribution is -2.29. The van der Waals surface area contributed by atoms with Crippen molar-refractivity contribution >= 4 is 0 Å². The predicted molar refractivity (Wildman–Crippen MR) is 45.4 cm³/mol. The van der Waals surface area contributed by atoms with Crippen LogP contribution in [-0.2, 0) is 0 Å². The molecule has 0 aliphatic heterocycles. The Morgan fingerprint density at radius 3 is 2.64 bits per heavy atom. The number of nitrogens with one attached hydrogen (secondary N) is 1. The summed E-state index contributed by atoms with van der Waals surface area (Å²) in [6.07, 6.45) is 2.18. The SMILES string of the molecule is C=C(/C(F)=C\CC)N(C)NC. The highest BCUT2D eigenvalue weighted by atomic mass is 19.1. The number of nitrogens with zero attached hydrogens (tertiary/aromatic N) is 1. The van der Waals surface area contributed by atoms with Crippen LogP contribution in [0.25, 0.3) is 0 Å². The van der Waals surface area contributed by atoms with Crippen molar-refractivity contribution in [3.8, 4) is 0 Å². The van der Waals surface area contributed by atoms with Crippen LogP contribution < -0.4 is 5.43 Å². The fourth-order valence-corrected chi connectivity index (χ4v) is 0.592. The summed E-state index contributed by atoms with van der Waals surface area (Å²) >= 11 is 0. The molecule has 0 atom stereocenters. The molecule has 0 saturated carbocycles. The van der Waals surface area contributed by atoms with Crippen LogP contribution in [-0.4, -0.2) is 19.1 Å². The van der Waals surface area contributed by atoms with Gasteiger partial charge in [0.15, 0.2) is 0 Å². The number of halogens is 1. The van der Waals surface area contributed by atoms with Crippen molar-refractivity contribution in [2.24, 2.45) is 0 Å². The van der Waals surface area contributed by atoms with E-state index in [1.54, 1.807) is 14.1 Å². The van der Waals surface area contributed by atoms with E-state index in [4.69, 9.17) is 0 Å². The molecule has 0 amide bonds. The fraction of sp³-hybridized carbons (Fsp3) is 0.500. The van der Waals surface area contributed by atoms with Crippen molar-refractivity contribution in [3.05, 3.63) is 24.2 Å². The van der Waals surface area contributed by atoms with Gasteiger partial charge in [-0.15, -0.1) is 0 Å². The van der Waals surface area contributed by atoms with Crippen molar-refractivity contribution in [2.75, 3.05) is 14.1 Å². The number of hydrogen-bond acceptors (Lipinski definition) is 2. The molecule has 0 rings (SSSR count). The third-order valence-electron chi connectivity index (χ3n) is 1.40. The molecule has 0 saturated heterocycles. The summed E-state index contributed by atoms with van der Waals surface area (Å²) in [4.78, 5) is 0. The van der Waals surface area contributed by atoms with E-state index in [-0.39, 0.29) is 5.83 Å². The Balaban J connectivity index is 4.13. The van der Waals surface area contributed by atoms with E-state index in [1.807, 2.05) is 6.92 Å².